The van der Waals surface area contributed by atoms with Crippen molar-refractivity contribution < 1.29 is 27.8 Å². The number of carboxylic acids is 1. The third-order valence-corrected chi connectivity index (χ3v) is 3.67. The van der Waals surface area contributed by atoms with Gasteiger partial charge in [0, 0.05) is 13.0 Å². The third-order valence-electron chi connectivity index (χ3n) is 3.67. The number of aliphatic carboxylic acids is 1. The number of allylic oxidation sites excluding steroid dienone is 2. The molecule has 0 heterocycles. The molecule has 1 aliphatic carbocycles. The van der Waals surface area contributed by atoms with Gasteiger partial charge in [-0.1, -0.05) is 38.0 Å². The summed E-state index contributed by atoms with van der Waals surface area (Å²) in [5, 5.41) is 9.26. The van der Waals surface area contributed by atoms with Crippen LogP contribution in [0.5, 0.6) is 0 Å². The molecule has 20 heavy (non-hydrogen) atoms. The van der Waals surface area contributed by atoms with Crippen LogP contribution in [0.2, 0.25) is 0 Å². The van der Waals surface area contributed by atoms with Crippen LogP contribution in [-0.4, -0.2) is 30.0 Å². The van der Waals surface area contributed by atoms with Crippen molar-refractivity contribution >= 4 is 5.97 Å². The quantitative estimate of drug-likeness (QED) is 0.814. The van der Waals surface area contributed by atoms with Crippen LogP contribution in [0, 0.1) is 11.8 Å². The van der Waals surface area contributed by atoms with Crippen molar-refractivity contribution in [1.82, 2.24) is 0 Å². The highest BCUT2D eigenvalue weighted by molar-refractivity contribution is 5.71. The minimum atomic E-state index is -4.67. The second-order valence-electron chi connectivity index (χ2n) is 4.85. The first-order valence-corrected chi connectivity index (χ1v) is 6.51. The number of ether oxygens (including phenoxy) is 1. The van der Waals surface area contributed by atoms with Crippen LogP contribution in [0.4, 0.5) is 13.2 Å². The lowest BCUT2D eigenvalue weighted by molar-refractivity contribution is -0.268. The van der Waals surface area contributed by atoms with Crippen molar-refractivity contribution in [2.75, 3.05) is 7.11 Å². The van der Waals surface area contributed by atoms with E-state index in [0.717, 1.165) is 19.6 Å². The maximum atomic E-state index is 13.4. The van der Waals surface area contributed by atoms with E-state index < -0.39 is 29.6 Å². The van der Waals surface area contributed by atoms with Crippen LogP contribution in [0.15, 0.2) is 24.3 Å². The number of alkyl halides is 3. The zero-order valence-corrected chi connectivity index (χ0v) is 11.5. The van der Waals surface area contributed by atoms with E-state index >= 15 is 0 Å². The van der Waals surface area contributed by atoms with Crippen molar-refractivity contribution in [2.45, 2.75) is 38.0 Å². The second kappa shape index (κ2) is 6.43. The van der Waals surface area contributed by atoms with Crippen LogP contribution >= 0.6 is 0 Å². The second-order valence-corrected chi connectivity index (χ2v) is 4.85. The zero-order chi connectivity index (χ0) is 15.4. The Labute approximate surface area is 116 Å². The molecule has 0 spiro atoms. The highest BCUT2D eigenvalue weighted by Gasteiger charge is 2.60. The van der Waals surface area contributed by atoms with Gasteiger partial charge >= 0.3 is 12.1 Å². The molecule has 1 rings (SSSR count). The fourth-order valence-electron chi connectivity index (χ4n) is 2.55. The SMILES string of the molecule is CCCCC(C(=O)O)C1C=CC=CC1(OC)C(F)(F)F. The maximum Gasteiger partial charge on any atom is 0.421 e. The number of carbonyl (C=O) groups is 1. The first-order chi connectivity index (χ1) is 9.30. The van der Waals surface area contributed by atoms with Crippen LogP contribution in [-0.2, 0) is 9.53 Å². The Kier molecular flexibility index (Phi) is 5.39. The minimum Gasteiger partial charge on any atom is -0.481 e. The van der Waals surface area contributed by atoms with Gasteiger partial charge in [0.05, 0.1) is 5.92 Å². The molecule has 0 saturated carbocycles. The Morgan fingerprint density at radius 2 is 2.10 bits per heavy atom. The standard InChI is InChI=1S/C14H19F3O3/c1-3-4-7-10(12(18)19)11-8-5-6-9-13(11,20-2)14(15,16)17/h5-6,8-11H,3-4,7H2,1-2H3,(H,18,19). The van der Waals surface area contributed by atoms with Gasteiger partial charge in [0.2, 0.25) is 0 Å². The lowest BCUT2D eigenvalue weighted by Gasteiger charge is -2.41. The van der Waals surface area contributed by atoms with Crippen LogP contribution < -0.4 is 0 Å². The summed E-state index contributed by atoms with van der Waals surface area (Å²) >= 11 is 0. The molecular formula is C14H19F3O3. The van der Waals surface area contributed by atoms with E-state index in [2.05, 4.69) is 0 Å². The third kappa shape index (κ3) is 3.06. The summed E-state index contributed by atoms with van der Waals surface area (Å²) in [5.74, 6) is -3.62. The Balaban J connectivity index is 3.19. The predicted molar refractivity (Wildman–Crippen MR) is 68.2 cm³/mol. The topological polar surface area (TPSA) is 46.5 Å². The summed E-state index contributed by atoms with van der Waals surface area (Å²) in [6.07, 6.45) is 1.67. The van der Waals surface area contributed by atoms with Crippen molar-refractivity contribution in [3.8, 4) is 0 Å². The molecule has 3 atom stereocenters. The minimum absolute atomic E-state index is 0.190. The van der Waals surface area contributed by atoms with E-state index in [4.69, 9.17) is 4.74 Å². The van der Waals surface area contributed by atoms with Gasteiger partial charge in [-0.25, -0.2) is 0 Å². The molecule has 0 aromatic carbocycles. The van der Waals surface area contributed by atoms with Crippen molar-refractivity contribution in [3.05, 3.63) is 24.3 Å². The summed E-state index contributed by atoms with van der Waals surface area (Å²) in [5.41, 5.74) is -2.57. The number of hydrogen-bond donors (Lipinski definition) is 1. The van der Waals surface area contributed by atoms with Gasteiger partial charge in [0.15, 0.2) is 5.60 Å². The molecule has 0 saturated heterocycles. The molecule has 0 bridgehead atoms. The molecule has 0 aliphatic heterocycles. The van der Waals surface area contributed by atoms with E-state index in [1.807, 2.05) is 6.92 Å². The monoisotopic (exact) mass is 292 g/mol. The fourth-order valence-corrected chi connectivity index (χ4v) is 2.55. The molecule has 1 aliphatic rings. The highest BCUT2D eigenvalue weighted by Crippen LogP contribution is 2.46. The molecular weight excluding hydrogens is 273 g/mol. The van der Waals surface area contributed by atoms with Gasteiger partial charge in [-0.2, -0.15) is 13.2 Å². The largest absolute Gasteiger partial charge is 0.481 e. The number of carboxylic acid groups (broad SMARTS) is 1. The molecule has 114 valence electrons. The van der Waals surface area contributed by atoms with Crippen LogP contribution in [0.25, 0.3) is 0 Å². The van der Waals surface area contributed by atoms with Gasteiger partial charge in [0.1, 0.15) is 0 Å². The van der Waals surface area contributed by atoms with Crippen molar-refractivity contribution in [1.29, 1.82) is 0 Å². The summed E-state index contributed by atoms with van der Waals surface area (Å²) in [6.45, 7) is 1.86. The first-order valence-electron chi connectivity index (χ1n) is 6.51. The van der Waals surface area contributed by atoms with Crippen molar-refractivity contribution in [3.63, 3.8) is 0 Å². The number of unbranched alkanes of at least 4 members (excludes halogenated alkanes) is 1. The van der Waals surface area contributed by atoms with Crippen LogP contribution in [0.3, 0.4) is 0 Å². The van der Waals surface area contributed by atoms with E-state index in [9.17, 15) is 23.1 Å². The Morgan fingerprint density at radius 3 is 2.55 bits per heavy atom. The molecule has 0 aromatic heterocycles. The van der Waals surface area contributed by atoms with Gasteiger partial charge in [-0.15, -0.1) is 0 Å². The molecule has 0 fully saturated rings. The Morgan fingerprint density at radius 1 is 1.45 bits per heavy atom. The number of methoxy groups -OCH3 is 1. The normalized spacial score (nSPS) is 27.6. The molecule has 3 nitrogen and oxygen atoms in total. The molecule has 0 aromatic rings. The Bertz CT molecular complexity index is 401. The molecule has 0 amide bonds. The van der Waals surface area contributed by atoms with E-state index in [1.165, 1.54) is 18.2 Å². The predicted octanol–water partition coefficient (Wildman–Crippen LogP) is 3.57. The highest BCUT2D eigenvalue weighted by atomic mass is 19.4. The average molecular weight is 292 g/mol. The molecule has 3 unspecified atom stereocenters. The van der Waals surface area contributed by atoms with Gasteiger partial charge in [-0.3, -0.25) is 4.79 Å². The number of halogens is 3. The molecule has 6 heteroatoms. The van der Waals surface area contributed by atoms with Gasteiger partial charge in [-0.05, 0) is 12.5 Å². The van der Waals surface area contributed by atoms with E-state index in [0.29, 0.717) is 6.42 Å². The van der Waals surface area contributed by atoms with Crippen LogP contribution in [0.1, 0.15) is 26.2 Å². The summed E-state index contributed by atoms with van der Waals surface area (Å²) in [6, 6.07) is 0. The lowest BCUT2D eigenvalue weighted by Crippen LogP contribution is -2.54. The number of rotatable bonds is 6. The molecule has 1 N–H and O–H groups in total. The summed E-state index contributed by atoms with van der Waals surface area (Å²) in [4.78, 5) is 11.4. The van der Waals surface area contributed by atoms with Crippen molar-refractivity contribution in [2.24, 2.45) is 11.8 Å². The summed E-state index contributed by atoms with van der Waals surface area (Å²) < 4.78 is 44.9. The van der Waals surface area contributed by atoms with Gasteiger partial charge in [0.25, 0.3) is 0 Å². The van der Waals surface area contributed by atoms with Gasteiger partial charge < -0.3 is 9.84 Å². The lowest BCUT2D eigenvalue weighted by atomic mass is 9.73. The first kappa shape index (κ1) is 16.8. The Hall–Kier alpha value is -1.30. The summed E-state index contributed by atoms with van der Waals surface area (Å²) in [7, 11) is 0.961. The average Bonchev–Trinajstić information content (AvgIpc) is 2.38. The fraction of sp³-hybridized carbons (Fsp3) is 0.643. The maximum absolute atomic E-state index is 13.4. The smallest absolute Gasteiger partial charge is 0.421 e. The van der Waals surface area contributed by atoms with E-state index in [1.54, 1.807) is 0 Å². The zero-order valence-electron chi connectivity index (χ0n) is 11.5. The van der Waals surface area contributed by atoms with E-state index in [-0.39, 0.29) is 6.42 Å². The number of hydrogen-bond acceptors (Lipinski definition) is 2. The molecule has 0 radical (unpaired) electrons.